The smallest absolute Gasteiger partial charge is 0.164 e. The Morgan fingerprint density at radius 2 is 0.937 bits per heavy atom. The maximum atomic E-state index is 5.27. The fraction of sp³-hybridized carbons (Fsp3) is 0.103. The molecule has 0 fully saturated rings. The third-order valence-electron chi connectivity index (χ3n) is 13.0. The Bertz CT molecular complexity index is 3390. The summed E-state index contributed by atoms with van der Waals surface area (Å²) < 4.78 is 0. The summed E-state index contributed by atoms with van der Waals surface area (Å²) in [7, 11) is -1.51. The number of fused-ring (bicyclic) bond motifs is 5. The minimum absolute atomic E-state index is 0.0669. The first-order valence-electron chi connectivity index (χ1n) is 21.8. The van der Waals surface area contributed by atoms with Crippen LogP contribution < -0.4 is 5.19 Å². The molecule has 0 saturated heterocycles. The van der Waals surface area contributed by atoms with E-state index in [0.29, 0.717) is 17.5 Å². The Labute approximate surface area is 370 Å². The maximum Gasteiger partial charge on any atom is 0.164 e. The summed E-state index contributed by atoms with van der Waals surface area (Å²) in [6.07, 6.45) is 1.98. The van der Waals surface area contributed by atoms with Crippen molar-refractivity contribution in [2.45, 2.75) is 38.9 Å². The average Bonchev–Trinajstić information content (AvgIpc) is 3.55. The summed E-state index contributed by atoms with van der Waals surface area (Å²) in [4.78, 5) is 20.7. The van der Waals surface area contributed by atoms with Crippen LogP contribution in [0.15, 0.2) is 188 Å². The molecular formula is C58H46N4Si. The predicted molar refractivity (Wildman–Crippen MR) is 266 cm³/mol. The van der Waals surface area contributed by atoms with Gasteiger partial charge in [0.1, 0.15) is 0 Å². The Balaban J connectivity index is 0.992. The van der Waals surface area contributed by atoms with Crippen LogP contribution in [0.4, 0.5) is 0 Å². The normalized spacial score (nSPS) is 13.0. The molecular weight excluding hydrogens is 781 g/mol. The Hall–Kier alpha value is -7.34. The number of pyridine rings is 1. The average molecular weight is 827 g/mol. The van der Waals surface area contributed by atoms with Gasteiger partial charge in [0.05, 0.1) is 13.8 Å². The molecule has 0 spiro atoms. The third kappa shape index (κ3) is 6.77. The van der Waals surface area contributed by atoms with Gasteiger partial charge in [-0.05, 0) is 84.8 Å². The summed E-state index contributed by atoms with van der Waals surface area (Å²) in [6.45, 7) is 11.8. The number of rotatable bonds is 7. The largest absolute Gasteiger partial charge is 0.256 e. The Morgan fingerprint density at radius 3 is 1.71 bits per heavy atom. The van der Waals surface area contributed by atoms with Crippen molar-refractivity contribution in [2.24, 2.45) is 0 Å². The molecule has 11 rings (SSSR count). The molecule has 0 unspecified atom stereocenters. The summed E-state index contributed by atoms with van der Waals surface area (Å²) in [5.74, 6) is 1.91. The van der Waals surface area contributed by atoms with Gasteiger partial charge in [0.25, 0.3) is 0 Å². The van der Waals surface area contributed by atoms with Crippen molar-refractivity contribution in [2.75, 3.05) is 0 Å². The van der Waals surface area contributed by atoms with Crippen molar-refractivity contribution in [3.63, 3.8) is 0 Å². The van der Waals surface area contributed by atoms with Crippen LogP contribution in [-0.4, -0.2) is 28.0 Å². The molecule has 0 saturated carbocycles. The van der Waals surface area contributed by atoms with Gasteiger partial charge >= 0.3 is 0 Å². The lowest BCUT2D eigenvalue weighted by Crippen LogP contribution is -2.37. The topological polar surface area (TPSA) is 51.6 Å². The molecule has 4 nitrogen and oxygen atoms in total. The van der Waals surface area contributed by atoms with Gasteiger partial charge in [0, 0.05) is 39.4 Å². The number of hydrogen-bond donors (Lipinski definition) is 0. The number of hydrogen-bond acceptors (Lipinski definition) is 4. The molecule has 302 valence electrons. The first kappa shape index (κ1) is 38.6. The molecule has 1 aliphatic carbocycles. The van der Waals surface area contributed by atoms with Crippen molar-refractivity contribution in [1.82, 2.24) is 19.9 Å². The van der Waals surface area contributed by atoms with E-state index in [9.17, 15) is 0 Å². The van der Waals surface area contributed by atoms with Crippen molar-refractivity contribution in [1.29, 1.82) is 0 Å². The van der Waals surface area contributed by atoms with E-state index < -0.39 is 8.07 Å². The molecule has 0 aliphatic heterocycles. The Kier molecular flexibility index (Phi) is 9.14. The number of nitrogens with zero attached hydrogens (tertiary/aromatic N) is 4. The molecule has 0 N–H and O–H groups in total. The van der Waals surface area contributed by atoms with Crippen molar-refractivity contribution >= 4 is 34.8 Å². The Morgan fingerprint density at radius 1 is 0.381 bits per heavy atom. The van der Waals surface area contributed by atoms with Crippen molar-refractivity contribution < 1.29 is 0 Å². The van der Waals surface area contributed by atoms with E-state index in [1.54, 1.807) is 0 Å². The summed E-state index contributed by atoms with van der Waals surface area (Å²) >= 11 is 0. The van der Waals surface area contributed by atoms with Crippen LogP contribution in [0.2, 0.25) is 19.6 Å². The zero-order valence-electron chi connectivity index (χ0n) is 36.2. The van der Waals surface area contributed by atoms with Gasteiger partial charge in [-0.1, -0.05) is 196 Å². The van der Waals surface area contributed by atoms with Gasteiger partial charge in [-0.15, -0.1) is 0 Å². The maximum absolute atomic E-state index is 5.27. The molecule has 1 aliphatic rings. The zero-order valence-corrected chi connectivity index (χ0v) is 37.2. The van der Waals surface area contributed by atoms with Gasteiger partial charge in [-0.3, -0.25) is 4.98 Å². The van der Waals surface area contributed by atoms with Crippen molar-refractivity contribution in [3.05, 3.63) is 199 Å². The van der Waals surface area contributed by atoms with Gasteiger partial charge in [-0.25, -0.2) is 15.0 Å². The minimum atomic E-state index is -1.51. The van der Waals surface area contributed by atoms with Gasteiger partial charge in [0.2, 0.25) is 0 Å². The van der Waals surface area contributed by atoms with E-state index in [2.05, 4.69) is 215 Å². The molecule has 63 heavy (non-hydrogen) atoms. The lowest BCUT2D eigenvalue weighted by atomic mass is 9.82. The lowest BCUT2D eigenvalue weighted by molar-refractivity contribution is 0.660. The van der Waals surface area contributed by atoms with Crippen molar-refractivity contribution in [3.8, 4) is 78.8 Å². The van der Waals surface area contributed by atoms with E-state index in [0.717, 1.165) is 49.8 Å². The SMILES string of the molecule is CC1(C)c2ccccc2-c2ccc(-c3ccc(-c4cccc(-c5nc(-c6ccc([Si](C)(C)C)cc6)nc(-c6ccc(-c7cccc8ccccc78)c7ccccc67)n5)c4)cn3)cc21. The first-order chi connectivity index (χ1) is 30.6. The molecule has 0 atom stereocenters. The van der Waals surface area contributed by atoms with Gasteiger partial charge in [0.15, 0.2) is 17.5 Å². The van der Waals surface area contributed by atoms with E-state index in [4.69, 9.17) is 19.9 Å². The van der Waals surface area contributed by atoms with E-state index in [1.165, 1.54) is 49.3 Å². The molecule has 0 amide bonds. The van der Waals surface area contributed by atoms with Crippen LogP contribution in [0.3, 0.4) is 0 Å². The molecule has 0 radical (unpaired) electrons. The quantitative estimate of drug-likeness (QED) is 0.150. The van der Waals surface area contributed by atoms with Crippen LogP contribution in [0.1, 0.15) is 25.0 Å². The molecule has 5 heteroatoms. The van der Waals surface area contributed by atoms with E-state index in [1.807, 2.05) is 6.20 Å². The third-order valence-corrected chi connectivity index (χ3v) is 15.1. The number of benzene rings is 8. The summed E-state index contributed by atoms with van der Waals surface area (Å²) in [5.41, 5.74) is 14.7. The first-order valence-corrected chi connectivity index (χ1v) is 25.3. The molecule has 2 heterocycles. The lowest BCUT2D eigenvalue weighted by Gasteiger charge is -2.21. The minimum Gasteiger partial charge on any atom is -0.256 e. The van der Waals surface area contributed by atoms with E-state index >= 15 is 0 Å². The van der Waals surface area contributed by atoms with E-state index in [-0.39, 0.29) is 5.41 Å². The molecule has 2 aromatic heterocycles. The van der Waals surface area contributed by atoms with Crippen LogP contribution in [0.5, 0.6) is 0 Å². The number of aromatic nitrogens is 4. The summed E-state index contributed by atoms with van der Waals surface area (Å²) in [5, 5.41) is 6.10. The highest BCUT2D eigenvalue weighted by Crippen LogP contribution is 2.49. The van der Waals surface area contributed by atoms with Crippen LogP contribution >= 0.6 is 0 Å². The fourth-order valence-electron chi connectivity index (χ4n) is 9.50. The second-order valence-electron chi connectivity index (χ2n) is 18.3. The zero-order chi connectivity index (χ0) is 42.9. The second kappa shape index (κ2) is 14.9. The predicted octanol–water partition coefficient (Wildman–Crippen LogP) is 14.4. The van der Waals surface area contributed by atoms with Crippen LogP contribution in [0.25, 0.3) is 100 Å². The molecule has 10 aromatic rings. The van der Waals surface area contributed by atoms with Gasteiger partial charge < -0.3 is 0 Å². The monoisotopic (exact) mass is 826 g/mol. The second-order valence-corrected chi connectivity index (χ2v) is 23.4. The molecule has 8 aromatic carbocycles. The van der Waals surface area contributed by atoms with Crippen LogP contribution in [0, 0.1) is 0 Å². The molecule has 0 bridgehead atoms. The highest BCUT2D eigenvalue weighted by atomic mass is 28.3. The highest BCUT2D eigenvalue weighted by molar-refractivity contribution is 6.88. The highest BCUT2D eigenvalue weighted by Gasteiger charge is 2.35. The van der Waals surface area contributed by atoms with Crippen LogP contribution in [-0.2, 0) is 5.41 Å². The summed E-state index contributed by atoms with van der Waals surface area (Å²) in [6, 6.07) is 65.3. The fourth-order valence-corrected chi connectivity index (χ4v) is 10.7. The standard InChI is InChI=1S/C58H46N4Si/c1-58(2)52-23-11-10-21-49(52)50-30-26-40(35-53(50)58)54-33-27-42(36-59-54)39-16-12-17-41(34-39)56-60-55(38-24-28-43(29-25-38)63(3,4)5)61-57(62-56)51-32-31-48(46-19-8-9-20-47(46)51)45-22-13-15-37-14-6-7-18-44(37)45/h6-36H,1-5H3. The van der Waals surface area contributed by atoms with Gasteiger partial charge in [-0.2, -0.15) is 0 Å².